The van der Waals surface area contributed by atoms with Crippen molar-refractivity contribution in [2.24, 2.45) is 5.73 Å². The van der Waals surface area contributed by atoms with Crippen molar-refractivity contribution in [3.05, 3.63) is 57.0 Å². The molecule has 2 N–H and O–H groups in total. The van der Waals surface area contributed by atoms with Crippen molar-refractivity contribution < 1.29 is 4.39 Å². The molecule has 0 radical (unpaired) electrons. The number of halogens is 2. The number of rotatable bonds is 3. The Balaban J connectivity index is 2.17. The third-order valence-electron chi connectivity index (χ3n) is 2.36. The quantitative estimate of drug-likeness (QED) is 0.887. The van der Waals surface area contributed by atoms with E-state index in [9.17, 15) is 4.39 Å². The molecule has 1 aromatic carbocycles. The van der Waals surface area contributed by atoms with Crippen molar-refractivity contribution in [3.8, 4) is 0 Å². The molecule has 1 heterocycles. The molecule has 0 spiro atoms. The second-order valence-corrected chi connectivity index (χ2v) is 4.98. The summed E-state index contributed by atoms with van der Waals surface area (Å²) < 4.78 is 13.5. The topological polar surface area (TPSA) is 26.0 Å². The number of hydrogen-bond acceptors (Lipinski definition) is 2. The first-order valence-electron chi connectivity index (χ1n) is 4.89. The lowest BCUT2D eigenvalue weighted by Crippen LogP contribution is -2.12. The molecule has 1 nitrogen and oxygen atoms in total. The molecule has 1 aromatic heterocycles. The van der Waals surface area contributed by atoms with E-state index < -0.39 is 0 Å². The SMILES string of the molecule is NC(Cc1cc(Cl)ccc1F)c1cccs1. The Morgan fingerprint density at radius 2 is 2.19 bits per heavy atom. The molecule has 84 valence electrons. The Bertz CT molecular complexity index is 470. The van der Waals surface area contributed by atoms with Gasteiger partial charge in [-0.1, -0.05) is 17.7 Å². The van der Waals surface area contributed by atoms with Crippen LogP contribution in [-0.2, 0) is 6.42 Å². The van der Waals surface area contributed by atoms with Crippen molar-refractivity contribution in [2.45, 2.75) is 12.5 Å². The highest BCUT2D eigenvalue weighted by Crippen LogP contribution is 2.23. The fourth-order valence-electron chi connectivity index (χ4n) is 1.54. The van der Waals surface area contributed by atoms with Crippen LogP contribution in [0.1, 0.15) is 16.5 Å². The van der Waals surface area contributed by atoms with Crippen LogP contribution < -0.4 is 5.73 Å². The van der Waals surface area contributed by atoms with E-state index in [0.29, 0.717) is 17.0 Å². The van der Waals surface area contributed by atoms with Gasteiger partial charge < -0.3 is 5.73 Å². The molecular formula is C12H11ClFNS. The molecule has 0 amide bonds. The molecule has 16 heavy (non-hydrogen) atoms. The lowest BCUT2D eigenvalue weighted by atomic mass is 10.1. The van der Waals surface area contributed by atoms with Gasteiger partial charge in [0.15, 0.2) is 0 Å². The van der Waals surface area contributed by atoms with Crippen LogP contribution in [0.2, 0.25) is 5.02 Å². The van der Waals surface area contributed by atoms with Crippen molar-refractivity contribution in [1.29, 1.82) is 0 Å². The van der Waals surface area contributed by atoms with Crippen LogP contribution in [0.4, 0.5) is 4.39 Å². The molecular weight excluding hydrogens is 245 g/mol. The van der Waals surface area contributed by atoms with Crippen LogP contribution in [0.15, 0.2) is 35.7 Å². The molecule has 0 bridgehead atoms. The summed E-state index contributed by atoms with van der Waals surface area (Å²) in [5, 5.41) is 2.50. The number of benzene rings is 1. The second kappa shape index (κ2) is 4.95. The predicted molar refractivity (Wildman–Crippen MR) is 66.4 cm³/mol. The lowest BCUT2D eigenvalue weighted by molar-refractivity contribution is 0.595. The van der Waals surface area contributed by atoms with Gasteiger partial charge in [-0.3, -0.25) is 0 Å². The van der Waals surface area contributed by atoms with Crippen molar-refractivity contribution in [3.63, 3.8) is 0 Å². The maximum atomic E-state index is 13.5. The summed E-state index contributed by atoms with van der Waals surface area (Å²) in [6, 6.07) is 8.26. The van der Waals surface area contributed by atoms with E-state index >= 15 is 0 Å². The van der Waals surface area contributed by atoms with Crippen LogP contribution in [0.3, 0.4) is 0 Å². The van der Waals surface area contributed by atoms with Crippen LogP contribution in [-0.4, -0.2) is 0 Å². The van der Waals surface area contributed by atoms with E-state index in [2.05, 4.69) is 0 Å². The van der Waals surface area contributed by atoms with Gasteiger partial charge >= 0.3 is 0 Å². The number of thiophene rings is 1. The standard InChI is InChI=1S/C12H11ClFNS/c13-9-3-4-10(14)8(6-9)7-11(15)12-2-1-5-16-12/h1-6,11H,7,15H2. The molecule has 1 atom stereocenters. The van der Waals surface area contributed by atoms with Crippen molar-refractivity contribution in [1.82, 2.24) is 0 Å². The Morgan fingerprint density at radius 3 is 2.88 bits per heavy atom. The average molecular weight is 256 g/mol. The first-order valence-corrected chi connectivity index (χ1v) is 6.15. The molecule has 0 saturated carbocycles. The minimum absolute atomic E-state index is 0.173. The van der Waals surface area contributed by atoms with E-state index in [4.69, 9.17) is 17.3 Å². The Hall–Kier alpha value is -0.900. The summed E-state index contributed by atoms with van der Waals surface area (Å²) in [6.07, 6.45) is 0.465. The summed E-state index contributed by atoms with van der Waals surface area (Å²) in [5.41, 5.74) is 6.55. The van der Waals surface area contributed by atoms with Crippen LogP contribution in [0.5, 0.6) is 0 Å². The summed E-state index contributed by atoms with van der Waals surface area (Å²) in [6.45, 7) is 0. The van der Waals surface area contributed by atoms with Gasteiger partial charge in [0.25, 0.3) is 0 Å². The zero-order valence-corrected chi connectivity index (χ0v) is 10.1. The van der Waals surface area contributed by atoms with Crippen LogP contribution >= 0.6 is 22.9 Å². The average Bonchev–Trinajstić information content (AvgIpc) is 2.76. The molecule has 0 saturated heterocycles. The number of hydrogen-bond donors (Lipinski definition) is 1. The highest BCUT2D eigenvalue weighted by atomic mass is 35.5. The maximum absolute atomic E-state index is 13.5. The Kier molecular flexibility index (Phi) is 3.59. The van der Waals surface area contributed by atoms with Crippen molar-refractivity contribution in [2.75, 3.05) is 0 Å². The smallest absolute Gasteiger partial charge is 0.126 e. The minimum atomic E-state index is -0.253. The largest absolute Gasteiger partial charge is 0.323 e. The molecule has 2 aromatic rings. The van der Waals surface area contributed by atoms with Crippen LogP contribution in [0.25, 0.3) is 0 Å². The summed E-state index contributed by atoms with van der Waals surface area (Å²) >= 11 is 7.40. The molecule has 0 aliphatic heterocycles. The van der Waals surface area contributed by atoms with E-state index in [1.807, 2.05) is 17.5 Å². The Labute approximate surface area is 103 Å². The van der Waals surface area contributed by atoms with Gasteiger partial charge in [-0.25, -0.2) is 4.39 Å². The molecule has 0 fully saturated rings. The van der Waals surface area contributed by atoms with E-state index in [-0.39, 0.29) is 11.9 Å². The molecule has 0 aliphatic rings. The van der Waals surface area contributed by atoms with E-state index in [1.165, 1.54) is 12.1 Å². The van der Waals surface area contributed by atoms with Gasteiger partial charge in [0.05, 0.1) is 0 Å². The highest BCUT2D eigenvalue weighted by molar-refractivity contribution is 7.10. The zero-order chi connectivity index (χ0) is 11.5. The first kappa shape index (κ1) is 11.6. The zero-order valence-electron chi connectivity index (χ0n) is 8.49. The van der Waals surface area contributed by atoms with Gasteiger partial charge in [-0.2, -0.15) is 0 Å². The van der Waals surface area contributed by atoms with E-state index in [1.54, 1.807) is 17.4 Å². The van der Waals surface area contributed by atoms with Gasteiger partial charge in [0.2, 0.25) is 0 Å². The van der Waals surface area contributed by atoms with Gasteiger partial charge in [0, 0.05) is 15.9 Å². The normalized spacial score (nSPS) is 12.7. The third kappa shape index (κ3) is 2.61. The van der Waals surface area contributed by atoms with Crippen LogP contribution in [0, 0.1) is 5.82 Å². The predicted octanol–water partition coefficient (Wildman–Crippen LogP) is 3.78. The number of nitrogens with two attached hydrogens (primary N) is 1. The van der Waals surface area contributed by atoms with Crippen molar-refractivity contribution >= 4 is 22.9 Å². The molecule has 2 rings (SSSR count). The van der Waals surface area contributed by atoms with Gasteiger partial charge in [0.1, 0.15) is 5.82 Å². The second-order valence-electron chi connectivity index (χ2n) is 3.56. The van der Waals surface area contributed by atoms with Gasteiger partial charge in [-0.15, -0.1) is 11.3 Å². The summed E-state index contributed by atoms with van der Waals surface area (Å²) in [4.78, 5) is 1.05. The monoisotopic (exact) mass is 255 g/mol. The summed E-state index contributed by atoms with van der Waals surface area (Å²) in [7, 11) is 0. The fraction of sp³-hybridized carbons (Fsp3) is 0.167. The maximum Gasteiger partial charge on any atom is 0.126 e. The first-order chi connectivity index (χ1) is 7.66. The summed E-state index contributed by atoms with van der Waals surface area (Å²) in [5.74, 6) is -0.253. The Morgan fingerprint density at radius 1 is 1.38 bits per heavy atom. The fourth-order valence-corrected chi connectivity index (χ4v) is 2.46. The molecule has 1 unspecified atom stereocenters. The third-order valence-corrected chi connectivity index (χ3v) is 3.60. The van der Waals surface area contributed by atoms with Gasteiger partial charge in [-0.05, 0) is 41.6 Å². The highest BCUT2D eigenvalue weighted by Gasteiger charge is 2.11. The molecule has 0 aliphatic carbocycles. The minimum Gasteiger partial charge on any atom is -0.323 e. The lowest BCUT2D eigenvalue weighted by Gasteiger charge is -2.10. The van der Waals surface area contributed by atoms with E-state index in [0.717, 1.165) is 4.88 Å². The molecule has 4 heteroatoms.